The third-order valence-electron chi connectivity index (χ3n) is 18.8. The zero-order valence-electron chi connectivity index (χ0n) is 59.4. The quantitative estimate of drug-likeness (QED) is 0.00886. The summed E-state index contributed by atoms with van der Waals surface area (Å²) in [6, 6.07) is 0. The highest BCUT2D eigenvalue weighted by atomic mass is 31.2. The second-order valence-corrected chi connectivity index (χ2v) is 28.8. The van der Waals surface area contributed by atoms with Crippen molar-refractivity contribution in [1.29, 1.82) is 0 Å². The van der Waals surface area contributed by atoms with E-state index in [0.29, 0.717) is 25.7 Å². The molecule has 18 atom stereocenters. The van der Waals surface area contributed by atoms with Gasteiger partial charge in [-0.05, 0) is 44.9 Å². The van der Waals surface area contributed by atoms with Crippen LogP contribution in [0.15, 0.2) is 12.2 Å². The summed E-state index contributed by atoms with van der Waals surface area (Å²) < 4.78 is 65.0. The molecule has 0 amide bonds. The van der Waals surface area contributed by atoms with E-state index in [9.17, 15) is 74.9 Å². The van der Waals surface area contributed by atoms with Crippen molar-refractivity contribution < 1.29 is 117 Å². The molecule has 3 rings (SSSR count). The molecule has 11 N–H and O–H groups in total. The Balaban J connectivity index is 1.74. The van der Waals surface area contributed by atoms with Crippen molar-refractivity contribution in [2.24, 2.45) is 0 Å². The first-order valence-electron chi connectivity index (χ1n) is 38.0. The van der Waals surface area contributed by atoms with E-state index in [2.05, 4.69) is 32.9 Å². The number of rotatable bonds is 59. The number of aliphatic hydroxyl groups is 10. The number of carbonyl (C=O) groups is 3. The van der Waals surface area contributed by atoms with Crippen LogP contribution in [0.25, 0.3) is 0 Å². The van der Waals surface area contributed by atoms with Crippen molar-refractivity contribution in [2.45, 2.75) is 401 Å². The molecule has 97 heavy (non-hydrogen) atoms. The van der Waals surface area contributed by atoms with Gasteiger partial charge in [0.05, 0.1) is 13.2 Å². The summed E-state index contributed by atoms with van der Waals surface area (Å²) in [5.41, 5.74) is 0. The molecule has 0 aromatic carbocycles. The predicted molar refractivity (Wildman–Crippen MR) is 365 cm³/mol. The number of allylic oxidation sites excluding steroid dienone is 2. The fraction of sp³-hybridized carbons (Fsp3) is 0.931. The van der Waals surface area contributed by atoms with E-state index in [1.54, 1.807) is 0 Å². The second kappa shape index (κ2) is 54.4. The van der Waals surface area contributed by atoms with Crippen molar-refractivity contribution in [3.63, 3.8) is 0 Å². The maximum absolute atomic E-state index is 14.3. The minimum Gasteiger partial charge on any atom is -0.463 e. The Morgan fingerprint density at radius 3 is 1.12 bits per heavy atom. The van der Waals surface area contributed by atoms with Crippen LogP contribution in [0.4, 0.5) is 0 Å². The van der Waals surface area contributed by atoms with Crippen LogP contribution < -0.4 is 0 Å². The summed E-state index contributed by atoms with van der Waals surface area (Å²) in [4.78, 5) is 51.0. The highest BCUT2D eigenvalue weighted by Gasteiger charge is 2.58. The summed E-state index contributed by atoms with van der Waals surface area (Å²) in [5, 5.41) is 110. The maximum atomic E-state index is 14.3. The number of phosphoric ester groups is 1. The van der Waals surface area contributed by atoms with Gasteiger partial charge in [-0.25, -0.2) is 4.57 Å². The van der Waals surface area contributed by atoms with Gasteiger partial charge in [0.25, 0.3) is 0 Å². The van der Waals surface area contributed by atoms with Crippen LogP contribution in [0, 0.1) is 0 Å². The maximum Gasteiger partial charge on any atom is 0.472 e. The second-order valence-electron chi connectivity index (χ2n) is 27.4. The average molecular weight is 1410 g/mol. The van der Waals surface area contributed by atoms with Gasteiger partial charge in [-0.15, -0.1) is 0 Å². The van der Waals surface area contributed by atoms with E-state index >= 15 is 0 Å². The van der Waals surface area contributed by atoms with Crippen LogP contribution in [0.3, 0.4) is 0 Å². The Hall–Kier alpha value is -2.30. The molecule has 2 saturated heterocycles. The molecule has 0 aromatic rings. The first kappa shape index (κ1) is 88.9. The Morgan fingerprint density at radius 1 is 0.392 bits per heavy atom. The molecule has 2 aliphatic heterocycles. The van der Waals surface area contributed by atoms with Crippen molar-refractivity contribution in [3.8, 4) is 0 Å². The monoisotopic (exact) mass is 1410 g/mol. The van der Waals surface area contributed by atoms with Gasteiger partial charge in [-0.1, -0.05) is 245 Å². The van der Waals surface area contributed by atoms with E-state index < -0.39 is 156 Å². The molecule has 0 bridgehead atoms. The van der Waals surface area contributed by atoms with Crippen molar-refractivity contribution in [2.75, 3.05) is 26.4 Å². The highest BCUT2D eigenvalue weighted by molar-refractivity contribution is 7.47. The Morgan fingerprint density at radius 2 is 0.722 bits per heavy atom. The molecule has 0 spiro atoms. The number of carbonyl (C=O) groups excluding carboxylic acids is 3. The molecule has 0 radical (unpaired) electrons. The molecule has 3 aliphatic rings. The number of esters is 3. The zero-order chi connectivity index (χ0) is 71.1. The smallest absolute Gasteiger partial charge is 0.463 e. The lowest BCUT2D eigenvalue weighted by atomic mass is 9.84. The lowest BCUT2D eigenvalue weighted by Crippen LogP contribution is -2.69. The Labute approximate surface area is 580 Å². The molecule has 2 heterocycles. The van der Waals surface area contributed by atoms with E-state index in [4.69, 9.17) is 42.2 Å². The highest BCUT2D eigenvalue weighted by Crippen LogP contribution is 2.49. The fourth-order valence-electron chi connectivity index (χ4n) is 12.6. The first-order chi connectivity index (χ1) is 46.8. The normalized spacial score (nSPS) is 27.8. The summed E-state index contributed by atoms with van der Waals surface area (Å²) >= 11 is 0. The molecular weight excluding hydrogens is 1280 g/mol. The standard InChI is InChI=1S/C72H133O24P/c1-4-7-10-13-16-19-22-25-27-30-32-34-37-40-43-46-56(74)88-50-53(91-58(76)48-45-42-39-36-33-29-26-23-20-17-14-11-8-5-2)51-90-97(86,87)96-70-68(94-71-66(84)61(79)59(77)54(49-73)92-71)64(82)63(81)65(83)69(70)95-72-67(85)62(80)60(78)55(93-72)52-89-57(75)47-44-41-38-35-31-28-24-21-18-15-12-9-6-3/h29,33,53-55,59-73,77-85H,4-28,30-32,34-52H2,1-3H3,(H,86,87)/b33-29-. The third-order valence-corrected chi connectivity index (χ3v) is 19.8. The van der Waals surface area contributed by atoms with Gasteiger partial charge in [0.2, 0.25) is 0 Å². The molecule has 1 aliphatic carbocycles. The first-order valence-corrected chi connectivity index (χ1v) is 39.5. The van der Waals surface area contributed by atoms with Crippen molar-refractivity contribution >= 4 is 25.7 Å². The Bertz CT molecular complexity index is 2060. The number of hydrogen-bond acceptors (Lipinski definition) is 23. The molecule has 18 unspecified atom stereocenters. The van der Waals surface area contributed by atoms with Crippen LogP contribution in [-0.4, -0.2) is 204 Å². The molecule has 0 aromatic heterocycles. The fourth-order valence-corrected chi connectivity index (χ4v) is 13.5. The van der Waals surface area contributed by atoms with Gasteiger partial charge in [0.1, 0.15) is 98.7 Å². The summed E-state index contributed by atoms with van der Waals surface area (Å²) in [7, 11) is -5.70. The van der Waals surface area contributed by atoms with E-state index in [1.807, 2.05) is 0 Å². The Kier molecular flexibility index (Phi) is 49.8. The minimum absolute atomic E-state index is 0.0317. The average Bonchev–Trinajstić information content (AvgIpc) is 0.764. The van der Waals surface area contributed by atoms with Gasteiger partial charge >= 0.3 is 25.7 Å². The number of unbranched alkanes of at least 4 members (excludes halogenated alkanes) is 36. The van der Waals surface area contributed by atoms with Gasteiger partial charge in [-0.2, -0.15) is 0 Å². The SMILES string of the molecule is CCCCCCCCC/C=C\CCCCCC(=O)OC(COC(=O)CCCCCCCCCCCCCCCCC)COP(=O)(O)OC1C(OC2OC(CO)C(O)C(O)C2O)C(O)C(O)C(O)C1OC1OC(COC(=O)CCCCCCCCCCCCCCC)C(O)C(O)C1O. The van der Waals surface area contributed by atoms with Crippen molar-refractivity contribution in [3.05, 3.63) is 12.2 Å². The van der Waals surface area contributed by atoms with Crippen LogP contribution in [0.5, 0.6) is 0 Å². The number of aliphatic hydroxyl groups excluding tert-OH is 10. The van der Waals surface area contributed by atoms with Crippen LogP contribution >= 0.6 is 7.82 Å². The van der Waals surface area contributed by atoms with Gasteiger partial charge in [0, 0.05) is 19.3 Å². The largest absolute Gasteiger partial charge is 0.472 e. The molecule has 3 fully saturated rings. The third kappa shape index (κ3) is 37.6. The van der Waals surface area contributed by atoms with E-state index in [1.165, 1.54) is 148 Å². The number of hydrogen-bond donors (Lipinski definition) is 11. The predicted octanol–water partition coefficient (Wildman–Crippen LogP) is 10.4. The van der Waals surface area contributed by atoms with Gasteiger partial charge in [-0.3, -0.25) is 23.4 Å². The van der Waals surface area contributed by atoms with E-state index in [0.717, 1.165) is 83.5 Å². The van der Waals surface area contributed by atoms with Crippen LogP contribution in [0.1, 0.15) is 297 Å². The lowest BCUT2D eigenvalue weighted by molar-refractivity contribution is -0.360. The van der Waals surface area contributed by atoms with Crippen LogP contribution in [-0.2, 0) is 61.2 Å². The summed E-state index contributed by atoms with van der Waals surface area (Å²) in [5.74, 6) is -2.00. The molecule has 24 nitrogen and oxygen atoms in total. The van der Waals surface area contributed by atoms with Gasteiger partial charge < -0.3 is 89.1 Å². The molecular formula is C72H133O24P. The topological polar surface area (TPSA) is 374 Å². The van der Waals surface area contributed by atoms with Crippen molar-refractivity contribution in [1.82, 2.24) is 0 Å². The summed E-state index contributed by atoms with van der Waals surface area (Å²) in [6.45, 7) is 3.44. The molecule has 25 heteroatoms. The molecule has 1 saturated carbocycles. The zero-order valence-corrected chi connectivity index (χ0v) is 60.3. The summed E-state index contributed by atoms with van der Waals surface area (Å²) in [6.07, 6.45) is 12.8. The number of ether oxygens (including phenoxy) is 7. The van der Waals surface area contributed by atoms with Gasteiger partial charge in [0.15, 0.2) is 18.7 Å². The number of phosphoric acid groups is 1. The van der Waals surface area contributed by atoms with E-state index in [-0.39, 0.29) is 19.3 Å². The minimum atomic E-state index is -5.70. The van der Waals surface area contributed by atoms with Crippen LogP contribution in [0.2, 0.25) is 0 Å². The lowest BCUT2D eigenvalue weighted by Gasteiger charge is -2.49. The molecule has 570 valence electrons.